The lowest BCUT2D eigenvalue weighted by atomic mass is 9.86. The number of rotatable bonds is 2. The zero-order chi connectivity index (χ0) is 11.8. The molecule has 0 aromatic heterocycles. The van der Waals surface area contributed by atoms with Crippen molar-refractivity contribution in [2.45, 2.75) is 44.6 Å². The first kappa shape index (κ1) is 11.8. The molecule has 0 saturated carbocycles. The number of hydrogen-bond acceptors (Lipinski definition) is 2. The van der Waals surface area contributed by atoms with E-state index in [2.05, 4.69) is 43.9 Å². The highest BCUT2D eigenvalue weighted by Gasteiger charge is 2.30. The molecule has 2 N–H and O–H groups in total. The fourth-order valence-corrected chi connectivity index (χ4v) is 3.52. The van der Waals surface area contributed by atoms with Gasteiger partial charge in [0.25, 0.3) is 0 Å². The molecule has 2 nitrogen and oxygen atoms in total. The summed E-state index contributed by atoms with van der Waals surface area (Å²) in [7, 11) is -1.49. The van der Waals surface area contributed by atoms with Gasteiger partial charge in [0.1, 0.15) is 0 Å². The minimum absolute atomic E-state index is 0.0525. The quantitative estimate of drug-likeness (QED) is 0.800. The Bertz CT molecular complexity index is 372. The highest BCUT2D eigenvalue weighted by Crippen LogP contribution is 2.31. The third-order valence-electron chi connectivity index (χ3n) is 3.02. The fraction of sp³-hybridized carbons (Fsp3) is 0.538. The lowest BCUT2D eigenvalue weighted by Crippen LogP contribution is -2.41. The number of hydrogen-bond donors (Lipinski definition) is 1. The molecular weight excluding hydrogens is 214 g/mol. The number of nitrogens with two attached hydrogens (primary N) is 1. The molecule has 1 aliphatic carbocycles. The Hall–Kier alpha value is -0.643. The summed E-state index contributed by atoms with van der Waals surface area (Å²) in [5.74, 6) is 0. The zero-order valence-electron chi connectivity index (χ0n) is 10.4. The van der Waals surface area contributed by atoms with Gasteiger partial charge in [-0.2, -0.15) is 0 Å². The van der Waals surface area contributed by atoms with Crippen LogP contribution in [0, 0.1) is 0 Å². The van der Waals surface area contributed by atoms with Crippen molar-refractivity contribution in [3.05, 3.63) is 35.4 Å². The van der Waals surface area contributed by atoms with E-state index in [-0.39, 0.29) is 12.1 Å². The molecule has 1 aromatic carbocycles. The van der Waals surface area contributed by atoms with Gasteiger partial charge in [-0.3, -0.25) is 0 Å². The summed E-state index contributed by atoms with van der Waals surface area (Å²) in [4.78, 5) is 0. The van der Waals surface area contributed by atoms with Crippen LogP contribution in [-0.4, -0.2) is 14.4 Å². The molecule has 1 aromatic rings. The lowest BCUT2D eigenvalue weighted by molar-refractivity contribution is 0.146. The zero-order valence-corrected chi connectivity index (χ0v) is 11.4. The van der Waals surface area contributed by atoms with Crippen molar-refractivity contribution in [3.63, 3.8) is 0 Å². The maximum Gasteiger partial charge on any atom is 0.184 e. The molecule has 2 rings (SSSR count). The maximum atomic E-state index is 6.30. The van der Waals surface area contributed by atoms with Crippen molar-refractivity contribution in [2.75, 3.05) is 0 Å². The first-order valence-corrected chi connectivity index (χ1v) is 9.39. The first-order chi connectivity index (χ1) is 7.47. The largest absolute Gasteiger partial charge is 0.413 e. The van der Waals surface area contributed by atoms with E-state index in [9.17, 15) is 0 Å². The van der Waals surface area contributed by atoms with Crippen molar-refractivity contribution < 1.29 is 4.43 Å². The average Bonchev–Trinajstić information content (AvgIpc) is 2.21. The van der Waals surface area contributed by atoms with Gasteiger partial charge in [0.15, 0.2) is 8.32 Å². The maximum absolute atomic E-state index is 6.30. The van der Waals surface area contributed by atoms with E-state index in [1.807, 2.05) is 0 Å². The Morgan fingerprint density at radius 2 is 1.94 bits per heavy atom. The minimum atomic E-state index is -1.49. The van der Waals surface area contributed by atoms with Crippen LogP contribution in [-0.2, 0) is 10.8 Å². The second kappa shape index (κ2) is 4.32. The average molecular weight is 235 g/mol. The smallest absolute Gasteiger partial charge is 0.184 e. The van der Waals surface area contributed by atoms with Gasteiger partial charge in [0.05, 0.1) is 12.1 Å². The van der Waals surface area contributed by atoms with Crippen molar-refractivity contribution in [3.8, 4) is 0 Å². The van der Waals surface area contributed by atoms with Gasteiger partial charge in [0, 0.05) is 0 Å². The van der Waals surface area contributed by atoms with E-state index in [0.717, 1.165) is 12.8 Å². The summed E-state index contributed by atoms with van der Waals surface area (Å²) in [6, 6.07) is 8.53. The summed E-state index contributed by atoms with van der Waals surface area (Å²) in [6.07, 6.45) is 2.36. The molecule has 16 heavy (non-hydrogen) atoms. The van der Waals surface area contributed by atoms with Gasteiger partial charge < -0.3 is 10.2 Å². The predicted molar refractivity (Wildman–Crippen MR) is 69.9 cm³/mol. The van der Waals surface area contributed by atoms with Gasteiger partial charge in [-0.25, -0.2) is 0 Å². The van der Waals surface area contributed by atoms with Crippen molar-refractivity contribution in [1.29, 1.82) is 0 Å². The Balaban J connectivity index is 2.18. The summed E-state index contributed by atoms with van der Waals surface area (Å²) in [5.41, 5.74) is 8.96. The second-order valence-corrected chi connectivity index (χ2v) is 9.99. The predicted octanol–water partition coefficient (Wildman–Crippen LogP) is 2.85. The Morgan fingerprint density at radius 3 is 2.62 bits per heavy atom. The summed E-state index contributed by atoms with van der Waals surface area (Å²) in [6.45, 7) is 6.67. The van der Waals surface area contributed by atoms with Crippen LogP contribution >= 0.6 is 0 Å². The van der Waals surface area contributed by atoms with Gasteiger partial charge in [-0.15, -0.1) is 0 Å². The van der Waals surface area contributed by atoms with Gasteiger partial charge in [0.2, 0.25) is 0 Å². The normalized spacial score (nSPS) is 25.2. The summed E-state index contributed by atoms with van der Waals surface area (Å²) in [5, 5.41) is 0. The molecule has 1 aliphatic rings. The van der Waals surface area contributed by atoms with Crippen molar-refractivity contribution in [2.24, 2.45) is 5.73 Å². The Morgan fingerprint density at radius 1 is 1.25 bits per heavy atom. The molecule has 0 aliphatic heterocycles. The molecule has 0 heterocycles. The van der Waals surface area contributed by atoms with Crippen LogP contribution in [0.1, 0.15) is 23.6 Å². The highest BCUT2D eigenvalue weighted by molar-refractivity contribution is 6.69. The molecule has 3 heteroatoms. The molecule has 88 valence electrons. The number of benzene rings is 1. The molecule has 0 unspecified atom stereocenters. The monoisotopic (exact) mass is 235 g/mol. The molecule has 0 fully saturated rings. The molecule has 0 saturated heterocycles. The molecule has 0 amide bonds. The number of aryl methyl sites for hydroxylation is 1. The van der Waals surface area contributed by atoms with Gasteiger partial charge >= 0.3 is 0 Å². The van der Waals surface area contributed by atoms with Crippen LogP contribution in [0.3, 0.4) is 0 Å². The highest BCUT2D eigenvalue weighted by atomic mass is 28.4. The van der Waals surface area contributed by atoms with E-state index in [0.29, 0.717) is 0 Å². The SMILES string of the molecule is C[Si](C)(C)O[C@H]1CCc2ccccc2[C@H]1N. The molecule has 0 radical (unpaired) electrons. The molecule has 0 spiro atoms. The van der Waals surface area contributed by atoms with E-state index >= 15 is 0 Å². The topological polar surface area (TPSA) is 35.2 Å². The standard InChI is InChI=1S/C13H21NOSi/c1-16(2,3)15-12-9-8-10-6-4-5-7-11(10)13(12)14/h4-7,12-13H,8-9,14H2,1-3H3/t12-,13+/m0/s1. The van der Waals surface area contributed by atoms with Crippen LogP contribution in [0.25, 0.3) is 0 Å². The first-order valence-electron chi connectivity index (χ1n) is 5.98. The third-order valence-corrected chi connectivity index (χ3v) is 4.03. The number of fused-ring (bicyclic) bond motifs is 1. The molecular formula is C13H21NOSi. The molecule has 0 bridgehead atoms. The van der Waals surface area contributed by atoms with Crippen molar-refractivity contribution >= 4 is 8.32 Å². The Kier molecular flexibility index (Phi) is 3.19. The van der Waals surface area contributed by atoms with Crippen LogP contribution in [0.2, 0.25) is 19.6 Å². The summed E-state index contributed by atoms with van der Waals surface area (Å²) >= 11 is 0. The van der Waals surface area contributed by atoms with Crippen LogP contribution in [0.15, 0.2) is 24.3 Å². The fourth-order valence-electron chi connectivity index (χ4n) is 2.35. The van der Waals surface area contributed by atoms with E-state index in [4.69, 9.17) is 10.2 Å². The van der Waals surface area contributed by atoms with Gasteiger partial charge in [-0.05, 0) is 43.6 Å². The van der Waals surface area contributed by atoms with E-state index in [1.54, 1.807) is 0 Å². The Labute approximate surface area is 98.9 Å². The summed E-state index contributed by atoms with van der Waals surface area (Å²) < 4.78 is 6.16. The van der Waals surface area contributed by atoms with Crippen LogP contribution in [0.5, 0.6) is 0 Å². The van der Waals surface area contributed by atoms with Gasteiger partial charge in [-0.1, -0.05) is 24.3 Å². The van der Waals surface area contributed by atoms with Crippen molar-refractivity contribution in [1.82, 2.24) is 0 Å². The van der Waals surface area contributed by atoms with Crippen LogP contribution < -0.4 is 5.73 Å². The third kappa shape index (κ3) is 2.54. The van der Waals surface area contributed by atoms with E-state index in [1.165, 1.54) is 11.1 Å². The lowest BCUT2D eigenvalue weighted by Gasteiger charge is -2.35. The molecule has 2 atom stereocenters. The van der Waals surface area contributed by atoms with E-state index < -0.39 is 8.32 Å². The van der Waals surface area contributed by atoms with Crippen LogP contribution in [0.4, 0.5) is 0 Å². The minimum Gasteiger partial charge on any atom is -0.413 e. The second-order valence-electron chi connectivity index (χ2n) is 5.53.